The third-order valence-electron chi connectivity index (χ3n) is 4.94. The number of hydrogen-bond donors (Lipinski definition) is 1. The lowest BCUT2D eigenvalue weighted by molar-refractivity contribution is -0.113. The second-order valence-electron chi connectivity index (χ2n) is 7.04. The summed E-state index contributed by atoms with van der Waals surface area (Å²) in [6.45, 7) is 4.30. The van der Waals surface area contributed by atoms with Crippen LogP contribution in [-0.2, 0) is 11.3 Å². The summed E-state index contributed by atoms with van der Waals surface area (Å²) in [5, 5.41) is 11.9. The van der Waals surface area contributed by atoms with E-state index in [1.165, 1.54) is 17.8 Å². The SMILES string of the molecule is Cc1cccc(NC(=O)CSc2nnc(-c3ccccc3F)n2Cc2ccco2)c1C. The molecule has 8 heteroatoms. The van der Waals surface area contributed by atoms with Crippen molar-refractivity contribution in [3.05, 3.63) is 83.6 Å². The molecular weight excluding hydrogens is 415 g/mol. The van der Waals surface area contributed by atoms with Crippen LogP contribution in [0.15, 0.2) is 70.4 Å². The van der Waals surface area contributed by atoms with Crippen LogP contribution in [0.3, 0.4) is 0 Å². The van der Waals surface area contributed by atoms with Crippen molar-refractivity contribution in [3.8, 4) is 11.4 Å². The number of amides is 1. The van der Waals surface area contributed by atoms with Gasteiger partial charge in [0.05, 0.1) is 24.1 Å². The van der Waals surface area contributed by atoms with Crippen molar-refractivity contribution in [3.63, 3.8) is 0 Å². The number of nitrogens with zero attached hydrogens (tertiary/aromatic N) is 3. The molecule has 4 aromatic rings. The number of hydrogen-bond acceptors (Lipinski definition) is 5. The number of carbonyl (C=O) groups is 1. The number of anilines is 1. The molecular formula is C23H21FN4O2S. The van der Waals surface area contributed by atoms with Crippen molar-refractivity contribution < 1.29 is 13.6 Å². The Kier molecular flexibility index (Phi) is 6.18. The van der Waals surface area contributed by atoms with E-state index < -0.39 is 0 Å². The first kappa shape index (κ1) is 20.9. The average molecular weight is 437 g/mol. The van der Waals surface area contributed by atoms with Crippen LogP contribution in [0.1, 0.15) is 16.9 Å². The van der Waals surface area contributed by atoms with Crippen LogP contribution in [-0.4, -0.2) is 26.4 Å². The molecule has 0 saturated heterocycles. The maximum Gasteiger partial charge on any atom is 0.234 e. The van der Waals surface area contributed by atoms with Crippen molar-refractivity contribution in [1.29, 1.82) is 0 Å². The number of aryl methyl sites for hydroxylation is 1. The molecule has 2 heterocycles. The molecule has 0 atom stereocenters. The van der Waals surface area contributed by atoms with Gasteiger partial charge in [0.15, 0.2) is 11.0 Å². The van der Waals surface area contributed by atoms with E-state index in [9.17, 15) is 9.18 Å². The molecule has 6 nitrogen and oxygen atoms in total. The Morgan fingerprint density at radius 1 is 1.10 bits per heavy atom. The Balaban J connectivity index is 1.56. The van der Waals surface area contributed by atoms with Gasteiger partial charge in [0.2, 0.25) is 5.91 Å². The topological polar surface area (TPSA) is 73.0 Å². The van der Waals surface area contributed by atoms with Crippen molar-refractivity contribution in [1.82, 2.24) is 14.8 Å². The quantitative estimate of drug-likeness (QED) is 0.409. The predicted molar refractivity (Wildman–Crippen MR) is 118 cm³/mol. The number of nitrogens with one attached hydrogen (secondary N) is 1. The first-order valence-corrected chi connectivity index (χ1v) is 10.7. The number of furan rings is 1. The summed E-state index contributed by atoms with van der Waals surface area (Å²) in [5.74, 6) is 0.658. The first-order valence-electron chi connectivity index (χ1n) is 9.72. The second-order valence-corrected chi connectivity index (χ2v) is 7.98. The molecule has 0 aliphatic rings. The fraction of sp³-hybridized carbons (Fsp3) is 0.174. The van der Waals surface area contributed by atoms with Crippen LogP contribution >= 0.6 is 11.8 Å². The zero-order valence-electron chi connectivity index (χ0n) is 17.1. The van der Waals surface area contributed by atoms with Crippen molar-refractivity contribution in [2.75, 3.05) is 11.1 Å². The molecule has 0 fully saturated rings. The standard InChI is InChI=1S/C23H21FN4O2S/c1-15-7-5-11-20(16(15)2)25-21(29)14-31-23-27-26-22(18-9-3-4-10-19(18)24)28(23)13-17-8-6-12-30-17/h3-12H,13-14H2,1-2H3,(H,25,29). The number of benzene rings is 2. The zero-order chi connectivity index (χ0) is 21.8. The van der Waals surface area contributed by atoms with Crippen LogP contribution in [0.25, 0.3) is 11.4 Å². The average Bonchev–Trinajstić information content (AvgIpc) is 3.41. The van der Waals surface area contributed by atoms with E-state index in [2.05, 4.69) is 15.5 Å². The zero-order valence-corrected chi connectivity index (χ0v) is 17.9. The van der Waals surface area contributed by atoms with Gasteiger partial charge < -0.3 is 9.73 Å². The number of halogens is 1. The van der Waals surface area contributed by atoms with Gasteiger partial charge in [-0.05, 0) is 55.3 Å². The third-order valence-corrected chi connectivity index (χ3v) is 5.90. The van der Waals surface area contributed by atoms with Crippen LogP contribution in [0, 0.1) is 19.7 Å². The molecule has 158 valence electrons. The summed E-state index contributed by atoms with van der Waals surface area (Å²) in [6.07, 6.45) is 1.58. The van der Waals surface area contributed by atoms with E-state index in [0.29, 0.717) is 28.8 Å². The smallest absolute Gasteiger partial charge is 0.234 e. The molecule has 0 saturated carbocycles. The highest BCUT2D eigenvalue weighted by molar-refractivity contribution is 7.99. The lowest BCUT2D eigenvalue weighted by atomic mass is 10.1. The summed E-state index contributed by atoms with van der Waals surface area (Å²) in [7, 11) is 0. The Morgan fingerprint density at radius 3 is 2.71 bits per heavy atom. The second kappa shape index (κ2) is 9.18. The van der Waals surface area contributed by atoms with Gasteiger partial charge in [-0.1, -0.05) is 36.0 Å². The molecule has 2 aromatic carbocycles. The maximum atomic E-state index is 14.4. The van der Waals surface area contributed by atoms with E-state index >= 15 is 0 Å². The number of carbonyl (C=O) groups excluding carboxylic acids is 1. The van der Waals surface area contributed by atoms with Gasteiger partial charge in [0, 0.05) is 5.69 Å². The van der Waals surface area contributed by atoms with Gasteiger partial charge in [-0.15, -0.1) is 10.2 Å². The van der Waals surface area contributed by atoms with E-state index in [1.807, 2.05) is 38.1 Å². The van der Waals surface area contributed by atoms with E-state index in [4.69, 9.17) is 4.42 Å². The van der Waals surface area contributed by atoms with Crippen molar-refractivity contribution in [2.45, 2.75) is 25.5 Å². The molecule has 1 amide bonds. The molecule has 0 aliphatic carbocycles. The normalized spacial score (nSPS) is 10.9. The summed E-state index contributed by atoms with van der Waals surface area (Å²) in [6, 6.07) is 15.8. The monoisotopic (exact) mass is 436 g/mol. The Labute approximate surface area is 183 Å². The Bertz CT molecular complexity index is 1200. The Morgan fingerprint density at radius 2 is 1.94 bits per heavy atom. The molecule has 0 spiro atoms. The van der Waals surface area contributed by atoms with Crippen LogP contribution in [0.5, 0.6) is 0 Å². The molecule has 2 aromatic heterocycles. The molecule has 4 rings (SSSR count). The van der Waals surface area contributed by atoms with Gasteiger partial charge in [-0.25, -0.2) is 4.39 Å². The predicted octanol–water partition coefficient (Wildman–Crippen LogP) is 5.07. The highest BCUT2D eigenvalue weighted by atomic mass is 32.2. The maximum absolute atomic E-state index is 14.4. The largest absolute Gasteiger partial charge is 0.467 e. The summed E-state index contributed by atoms with van der Waals surface area (Å²) in [5.41, 5.74) is 3.27. The molecule has 31 heavy (non-hydrogen) atoms. The lowest BCUT2D eigenvalue weighted by Crippen LogP contribution is -2.15. The lowest BCUT2D eigenvalue weighted by Gasteiger charge is -2.11. The number of rotatable bonds is 7. The van der Waals surface area contributed by atoms with Gasteiger partial charge >= 0.3 is 0 Å². The minimum atomic E-state index is -0.389. The van der Waals surface area contributed by atoms with Crippen molar-refractivity contribution in [2.24, 2.45) is 0 Å². The first-order chi connectivity index (χ1) is 15.0. The fourth-order valence-corrected chi connectivity index (χ4v) is 3.88. The van der Waals surface area contributed by atoms with Gasteiger partial charge in [-0.3, -0.25) is 9.36 Å². The fourth-order valence-electron chi connectivity index (χ4n) is 3.14. The van der Waals surface area contributed by atoms with Gasteiger partial charge in [0.1, 0.15) is 11.6 Å². The molecule has 0 radical (unpaired) electrons. The highest BCUT2D eigenvalue weighted by Gasteiger charge is 2.19. The minimum absolute atomic E-state index is 0.140. The van der Waals surface area contributed by atoms with Crippen molar-refractivity contribution >= 4 is 23.4 Å². The summed E-state index contributed by atoms with van der Waals surface area (Å²) in [4.78, 5) is 12.5. The van der Waals surface area contributed by atoms with Crippen LogP contribution < -0.4 is 5.32 Å². The van der Waals surface area contributed by atoms with E-state index in [0.717, 1.165) is 16.8 Å². The van der Waals surface area contributed by atoms with Crippen LogP contribution in [0.4, 0.5) is 10.1 Å². The summed E-state index contributed by atoms with van der Waals surface area (Å²) < 4.78 is 21.6. The molecule has 0 bridgehead atoms. The number of aromatic nitrogens is 3. The van der Waals surface area contributed by atoms with Gasteiger partial charge in [0.25, 0.3) is 0 Å². The molecule has 0 aliphatic heterocycles. The summed E-state index contributed by atoms with van der Waals surface area (Å²) >= 11 is 1.24. The molecule has 0 unspecified atom stereocenters. The Hall–Kier alpha value is -3.39. The molecule has 1 N–H and O–H groups in total. The highest BCUT2D eigenvalue weighted by Crippen LogP contribution is 2.27. The third kappa shape index (κ3) is 4.69. The minimum Gasteiger partial charge on any atom is -0.467 e. The van der Waals surface area contributed by atoms with Gasteiger partial charge in [-0.2, -0.15) is 0 Å². The van der Waals surface area contributed by atoms with Crippen LogP contribution in [0.2, 0.25) is 0 Å². The van der Waals surface area contributed by atoms with E-state index in [1.54, 1.807) is 35.1 Å². The number of thioether (sulfide) groups is 1. The van der Waals surface area contributed by atoms with E-state index in [-0.39, 0.29) is 17.5 Å².